The van der Waals surface area contributed by atoms with Crippen LogP contribution in [-0.2, 0) is 19.1 Å². The standard InChI is InChI=1S/C35H58O6/c1-4-32(37)26-22-18-13-11-9-7-5-6-8-10-12-14-19-23-27-34(38)40-30-33(29-36)41-35(39)28-24-20-16-15-17-21-25-31(2)3/h6-9,12-14,18,22,26,31-33,36-37H,4-5,10-11,15-17,19-21,23-25,27-30H2,1-3H3/b8-6-,9-7-,14-12-,18-13-,26-22+/t32-,33-/m0/s1. The molecule has 0 saturated heterocycles. The first-order chi connectivity index (χ1) is 19.9. The van der Waals surface area contributed by atoms with Crippen molar-refractivity contribution in [3.05, 3.63) is 60.8 Å². The summed E-state index contributed by atoms with van der Waals surface area (Å²) in [7, 11) is 0. The molecule has 0 bridgehead atoms. The third kappa shape index (κ3) is 28.9. The molecule has 6 nitrogen and oxygen atoms in total. The molecule has 0 fully saturated rings. The number of aliphatic hydroxyl groups is 2. The van der Waals surface area contributed by atoms with E-state index in [4.69, 9.17) is 9.47 Å². The first-order valence-electron chi connectivity index (χ1n) is 15.8. The Morgan fingerprint density at radius 2 is 1.32 bits per heavy atom. The van der Waals surface area contributed by atoms with Gasteiger partial charge in [-0.25, -0.2) is 0 Å². The van der Waals surface area contributed by atoms with Gasteiger partial charge in [0.25, 0.3) is 0 Å². The second-order valence-corrected chi connectivity index (χ2v) is 10.8. The number of carbonyl (C=O) groups is 2. The molecular formula is C35H58O6. The molecule has 0 spiro atoms. The topological polar surface area (TPSA) is 93.1 Å². The number of hydrogen-bond acceptors (Lipinski definition) is 6. The normalized spacial score (nSPS) is 13.9. The Morgan fingerprint density at radius 3 is 1.95 bits per heavy atom. The third-order valence-corrected chi connectivity index (χ3v) is 6.41. The molecule has 234 valence electrons. The van der Waals surface area contributed by atoms with Crippen LogP contribution < -0.4 is 0 Å². The van der Waals surface area contributed by atoms with Gasteiger partial charge >= 0.3 is 11.9 Å². The number of carbonyl (C=O) groups excluding carboxylic acids is 2. The van der Waals surface area contributed by atoms with Crippen molar-refractivity contribution in [1.82, 2.24) is 0 Å². The zero-order valence-corrected chi connectivity index (χ0v) is 26.1. The Hall–Kier alpha value is -2.44. The molecular weight excluding hydrogens is 516 g/mol. The van der Waals surface area contributed by atoms with Crippen LogP contribution in [0.1, 0.15) is 117 Å². The summed E-state index contributed by atoms with van der Waals surface area (Å²) in [6.07, 6.45) is 32.5. The van der Waals surface area contributed by atoms with Crippen LogP contribution in [0.3, 0.4) is 0 Å². The van der Waals surface area contributed by atoms with E-state index in [-0.39, 0.29) is 37.7 Å². The lowest BCUT2D eigenvalue weighted by Crippen LogP contribution is -2.28. The summed E-state index contributed by atoms with van der Waals surface area (Å²) in [6, 6.07) is 0. The highest BCUT2D eigenvalue weighted by Gasteiger charge is 2.16. The zero-order valence-electron chi connectivity index (χ0n) is 26.1. The molecule has 41 heavy (non-hydrogen) atoms. The Morgan fingerprint density at radius 1 is 0.732 bits per heavy atom. The summed E-state index contributed by atoms with van der Waals surface area (Å²) < 4.78 is 10.5. The van der Waals surface area contributed by atoms with Gasteiger partial charge in [-0.3, -0.25) is 9.59 Å². The number of ether oxygens (including phenoxy) is 2. The van der Waals surface area contributed by atoms with Crippen molar-refractivity contribution in [3.8, 4) is 0 Å². The molecule has 0 saturated carbocycles. The smallest absolute Gasteiger partial charge is 0.306 e. The van der Waals surface area contributed by atoms with Crippen LogP contribution in [0.5, 0.6) is 0 Å². The number of unbranched alkanes of at least 4 members (excludes halogenated alkanes) is 6. The lowest BCUT2D eigenvalue weighted by Gasteiger charge is -2.15. The van der Waals surface area contributed by atoms with Gasteiger partial charge in [-0.15, -0.1) is 0 Å². The molecule has 0 rings (SSSR count). The molecule has 0 aromatic carbocycles. The van der Waals surface area contributed by atoms with Crippen LogP contribution in [0.15, 0.2) is 60.8 Å². The summed E-state index contributed by atoms with van der Waals surface area (Å²) in [4.78, 5) is 24.0. The molecule has 2 atom stereocenters. The third-order valence-electron chi connectivity index (χ3n) is 6.41. The quantitative estimate of drug-likeness (QED) is 0.0469. The molecule has 0 aliphatic rings. The molecule has 0 heterocycles. The minimum absolute atomic E-state index is 0.109. The number of esters is 2. The van der Waals surface area contributed by atoms with Gasteiger partial charge < -0.3 is 19.7 Å². The van der Waals surface area contributed by atoms with Crippen molar-refractivity contribution < 1.29 is 29.3 Å². The fourth-order valence-electron chi connectivity index (χ4n) is 3.84. The molecule has 0 amide bonds. The first-order valence-corrected chi connectivity index (χ1v) is 15.8. The van der Waals surface area contributed by atoms with Gasteiger partial charge in [-0.2, -0.15) is 0 Å². The second-order valence-electron chi connectivity index (χ2n) is 10.8. The van der Waals surface area contributed by atoms with E-state index in [1.807, 2.05) is 19.1 Å². The molecule has 0 aromatic heterocycles. The van der Waals surface area contributed by atoms with Crippen LogP contribution in [-0.4, -0.2) is 47.6 Å². The van der Waals surface area contributed by atoms with E-state index in [0.717, 1.165) is 57.3 Å². The lowest BCUT2D eigenvalue weighted by molar-refractivity contribution is -0.161. The maximum absolute atomic E-state index is 12.0. The summed E-state index contributed by atoms with van der Waals surface area (Å²) in [5, 5.41) is 18.9. The summed E-state index contributed by atoms with van der Waals surface area (Å²) in [6.45, 7) is 5.97. The molecule has 0 unspecified atom stereocenters. The molecule has 2 N–H and O–H groups in total. The Balaban J connectivity index is 3.78. The Labute approximate surface area is 250 Å². The van der Waals surface area contributed by atoms with Crippen molar-refractivity contribution in [2.45, 2.75) is 129 Å². The molecule has 0 aliphatic carbocycles. The van der Waals surface area contributed by atoms with Crippen molar-refractivity contribution in [2.75, 3.05) is 13.2 Å². The van der Waals surface area contributed by atoms with Crippen LogP contribution in [0.25, 0.3) is 0 Å². The van der Waals surface area contributed by atoms with Gasteiger partial charge in [0, 0.05) is 12.8 Å². The van der Waals surface area contributed by atoms with Crippen LogP contribution in [0, 0.1) is 5.92 Å². The summed E-state index contributed by atoms with van der Waals surface area (Å²) in [5.74, 6) is 0.0698. The average molecular weight is 575 g/mol. The van der Waals surface area contributed by atoms with Gasteiger partial charge in [-0.05, 0) is 50.9 Å². The minimum atomic E-state index is -0.803. The fourth-order valence-corrected chi connectivity index (χ4v) is 3.84. The number of allylic oxidation sites excluding steroid dienone is 9. The van der Waals surface area contributed by atoms with Crippen LogP contribution in [0.4, 0.5) is 0 Å². The van der Waals surface area contributed by atoms with Crippen LogP contribution in [0.2, 0.25) is 0 Å². The predicted octanol–water partition coefficient (Wildman–Crippen LogP) is 8.10. The highest BCUT2D eigenvalue weighted by Crippen LogP contribution is 2.12. The van der Waals surface area contributed by atoms with Gasteiger partial charge in [0.1, 0.15) is 6.61 Å². The van der Waals surface area contributed by atoms with Crippen molar-refractivity contribution in [3.63, 3.8) is 0 Å². The summed E-state index contributed by atoms with van der Waals surface area (Å²) >= 11 is 0. The van der Waals surface area contributed by atoms with Crippen LogP contribution >= 0.6 is 0 Å². The maximum Gasteiger partial charge on any atom is 0.306 e. The van der Waals surface area contributed by atoms with Crippen molar-refractivity contribution in [2.24, 2.45) is 5.92 Å². The molecule has 0 aromatic rings. The molecule has 0 aliphatic heterocycles. The van der Waals surface area contributed by atoms with E-state index in [2.05, 4.69) is 56.4 Å². The first kappa shape index (κ1) is 38.6. The SMILES string of the molecule is CC[C@H](O)/C=C/C=C\C/C=C\C/C=C\C/C=C\CCCC(=O)OC[C@H](CO)OC(=O)CCCCCCCCC(C)C. The minimum Gasteiger partial charge on any atom is -0.462 e. The summed E-state index contributed by atoms with van der Waals surface area (Å²) in [5.41, 5.74) is 0. The van der Waals surface area contributed by atoms with Gasteiger partial charge in [0.2, 0.25) is 0 Å². The average Bonchev–Trinajstić information content (AvgIpc) is 2.95. The molecule has 0 radical (unpaired) electrons. The van der Waals surface area contributed by atoms with Crippen molar-refractivity contribution in [1.29, 1.82) is 0 Å². The number of rotatable bonds is 26. The molecule has 6 heteroatoms. The monoisotopic (exact) mass is 574 g/mol. The fraction of sp³-hybridized carbons (Fsp3) is 0.657. The van der Waals surface area contributed by atoms with E-state index < -0.39 is 6.10 Å². The Bertz CT molecular complexity index is 778. The van der Waals surface area contributed by atoms with Crippen molar-refractivity contribution >= 4 is 11.9 Å². The lowest BCUT2D eigenvalue weighted by atomic mass is 10.0. The highest BCUT2D eigenvalue weighted by atomic mass is 16.6. The highest BCUT2D eigenvalue weighted by molar-refractivity contribution is 5.70. The predicted molar refractivity (Wildman–Crippen MR) is 169 cm³/mol. The van der Waals surface area contributed by atoms with E-state index in [9.17, 15) is 19.8 Å². The second kappa shape index (κ2) is 29.1. The van der Waals surface area contributed by atoms with E-state index in [0.29, 0.717) is 12.8 Å². The Kier molecular flexibility index (Phi) is 27.3. The van der Waals surface area contributed by atoms with E-state index in [1.54, 1.807) is 6.08 Å². The van der Waals surface area contributed by atoms with Gasteiger partial charge in [0.05, 0.1) is 12.7 Å². The number of hydrogen-bond donors (Lipinski definition) is 2. The van der Waals surface area contributed by atoms with Gasteiger partial charge in [-0.1, -0.05) is 120 Å². The number of aliphatic hydroxyl groups excluding tert-OH is 2. The largest absolute Gasteiger partial charge is 0.462 e. The van der Waals surface area contributed by atoms with E-state index >= 15 is 0 Å². The zero-order chi connectivity index (χ0) is 30.4. The maximum atomic E-state index is 12.0. The van der Waals surface area contributed by atoms with Gasteiger partial charge in [0.15, 0.2) is 6.10 Å². The van der Waals surface area contributed by atoms with E-state index in [1.165, 1.54) is 25.7 Å².